The van der Waals surface area contributed by atoms with E-state index in [4.69, 9.17) is 0 Å². The molecule has 0 bridgehead atoms. The topological polar surface area (TPSA) is 49.6 Å². The highest BCUT2D eigenvalue weighted by molar-refractivity contribution is 7.98. The Morgan fingerprint density at radius 3 is 2.64 bits per heavy atom. The molecule has 0 aliphatic rings. The molecule has 126 valence electrons. The summed E-state index contributed by atoms with van der Waals surface area (Å²) in [6.45, 7) is 0. The highest BCUT2D eigenvalue weighted by Gasteiger charge is 2.36. The summed E-state index contributed by atoms with van der Waals surface area (Å²) in [4.78, 5) is 9.06. The van der Waals surface area contributed by atoms with E-state index in [1.165, 1.54) is 11.3 Å². The number of rotatable bonds is 4. The molecule has 0 atom stereocenters. The number of thioether (sulfide) groups is 1. The first-order valence-corrected chi connectivity index (χ1v) is 8.94. The molecule has 0 spiro atoms. The van der Waals surface area contributed by atoms with Crippen LogP contribution < -0.4 is 0 Å². The maximum absolute atomic E-state index is 13.4. The number of aromatic nitrogens is 2. The summed E-state index contributed by atoms with van der Waals surface area (Å²) in [5.74, 6) is 0.327. The van der Waals surface area contributed by atoms with E-state index in [-0.39, 0.29) is 10.7 Å². The molecular weight excluding hydrogens is 367 g/mol. The molecule has 8 heteroatoms. The zero-order chi connectivity index (χ0) is 17.9. The van der Waals surface area contributed by atoms with Gasteiger partial charge in [0.25, 0.3) is 0 Å². The van der Waals surface area contributed by atoms with E-state index in [0.717, 1.165) is 17.8 Å². The molecule has 0 aliphatic carbocycles. The molecule has 0 aliphatic heterocycles. The van der Waals surface area contributed by atoms with Crippen LogP contribution in [0.25, 0.3) is 10.6 Å². The second kappa shape index (κ2) is 7.25. The fourth-order valence-corrected chi connectivity index (χ4v) is 3.74. The lowest BCUT2D eigenvalue weighted by Crippen LogP contribution is -2.10. The summed E-state index contributed by atoms with van der Waals surface area (Å²) in [7, 11) is 0. The van der Waals surface area contributed by atoms with Gasteiger partial charge in [-0.05, 0) is 29.6 Å². The molecule has 3 nitrogen and oxygen atoms in total. The molecule has 3 aromatic heterocycles. The van der Waals surface area contributed by atoms with Gasteiger partial charge in [-0.3, -0.25) is 4.98 Å². The Hall–Kier alpha value is -2.37. The number of nitrogens with zero attached hydrogens (tertiary/aromatic N) is 3. The normalized spacial score (nSPS) is 11.3. The van der Waals surface area contributed by atoms with Gasteiger partial charge in [-0.1, -0.05) is 23.9 Å². The van der Waals surface area contributed by atoms with Crippen LogP contribution in [-0.2, 0) is 11.9 Å². The van der Waals surface area contributed by atoms with Gasteiger partial charge >= 0.3 is 6.18 Å². The lowest BCUT2D eigenvalue weighted by Gasteiger charge is -2.13. The third kappa shape index (κ3) is 4.00. The van der Waals surface area contributed by atoms with Crippen LogP contribution in [0.4, 0.5) is 13.2 Å². The Labute approximate surface area is 150 Å². The first-order chi connectivity index (χ1) is 12.0. The number of nitriles is 1. The summed E-state index contributed by atoms with van der Waals surface area (Å²) in [5.41, 5.74) is -0.497. The van der Waals surface area contributed by atoms with Crippen LogP contribution in [0.5, 0.6) is 0 Å². The minimum atomic E-state index is -4.62. The van der Waals surface area contributed by atoms with Gasteiger partial charge < -0.3 is 0 Å². The molecule has 0 fully saturated rings. The molecule has 0 N–H and O–H groups in total. The Kier molecular flexibility index (Phi) is 5.06. The molecule has 0 radical (unpaired) electrons. The predicted octanol–water partition coefficient (Wildman–Crippen LogP) is 5.39. The fourth-order valence-electron chi connectivity index (χ4n) is 2.13. The van der Waals surface area contributed by atoms with Crippen molar-refractivity contribution in [3.8, 4) is 16.6 Å². The SMILES string of the molecule is N#Cc1c(C(F)(F)F)cc(-c2cccs2)nc1SCc1ccccn1. The summed E-state index contributed by atoms with van der Waals surface area (Å²) in [6, 6.07) is 11.4. The smallest absolute Gasteiger partial charge is 0.260 e. The Morgan fingerprint density at radius 2 is 2.04 bits per heavy atom. The average Bonchev–Trinajstić information content (AvgIpc) is 3.14. The van der Waals surface area contributed by atoms with Gasteiger partial charge in [0.05, 0.1) is 27.4 Å². The number of hydrogen-bond donors (Lipinski definition) is 0. The molecule has 3 heterocycles. The van der Waals surface area contributed by atoms with Gasteiger partial charge in [0.15, 0.2) is 0 Å². The minimum absolute atomic E-state index is 0.0615. The van der Waals surface area contributed by atoms with Crippen molar-refractivity contribution in [1.29, 1.82) is 5.26 Å². The van der Waals surface area contributed by atoms with Crippen LogP contribution in [0.15, 0.2) is 53.0 Å². The van der Waals surface area contributed by atoms with E-state index in [9.17, 15) is 18.4 Å². The van der Waals surface area contributed by atoms with Crippen LogP contribution in [0, 0.1) is 11.3 Å². The van der Waals surface area contributed by atoms with Crippen LogP contribution >= 0.6 is 23.1 Å². The quantitative estimate of drug-likeness (QED) is 0.572. The predicted molar refractivity (Wildman–Crippen MR) is 91.1 cm³/mol. The van der Waals surface area contributed by atoms with Crippen LogP contribution in [0.3, 0.4) is 0 Å². The number of thiophene rings is 1. The van der Waals surface area contributed by atoms with E-state index in [0.29, 0.717) is 16.3 Å². The van der Waals surface area contributed by atoms with Gasteiger partial charge in [0.2, 0.25) is 0 Å². The Balaban J connectivity index is 2.05. The molecule has 25 heavy (non-hydrogen) atoms. The number of halogens is 3. The summed E-state index contributed by atoms with van der Waals surface area (Å²) >= 11 is 2.37. The van der Waals surface area contributed by atoms with Crippen molar-refractivity contribution in [3.05, 3.63) is 64.8 Å². The molecule has 3 aromatic rings. The Bertz CT molecular complexity index is 901. The van der Waals surface area contributed by atoms with Gasteiger partial charge in [-0.2, -0.15) is 18.4 Å². The van der Waals surface area contributed by atoms with Gasteiger partial charge in [-0.25, -0.2) is 4.98 Å². The number of alkyl halides is 3. The maximum atomic E-state index is 13.4. The van der Waals surface area contributed by atoms with Crippen molar-refractivity contribution in [1.82, 2.24) is 9.97 Å². The fraction of sp³-hybridized carbons (Fsp3) is 0.118. The molecule has 0 amide bonds. The van der Waals surface area contributed by atoms with E-state index in [1.807, 2.05) is 0 Å². The lowest BCUT2D eigenvalue weighted by atomic mass is 10.1. The molecule has 3 rings (SSSR count). The highest BCUT2D eigenvalue weighted by Crippen LogP contribution is 2.39. The van der Waals surface area contributed by atoms with E-state index >= 15 is 0 Å². The summed E-state index contributed by atoms with van der Waals surface area (Å²) in [6.07, 6.45) is -3.02. The Morgan fingerprint density at radius 1 is 1.20 bits per heavy atom. The van der Waals surface area contributed by atoms with Crippen molar-refractivity contribution in [2.24, 2.45) is 0 Å². The molecular formula is C17H10F3N3S2. The first-order valence-electron chi connectivity index (χ1n) is 7.08. The molecule has 0 aromatic carbocycles. The first kappa shape index (κ1) is 17.5. The van der Waals surface area contributed by atoms with E-state index in [1.54, 1.807) is 48.0 Å². The van der Waals surface area contributed by atoms with E-state index < -0.39 is 17.3 Å². The number of pyridine rings is 2. The van der Waals surface area contributed by atoms with Crippen molar-refractivity contribution in [2.45, 2.75) is 17.0 Å². The highest BCUT2D eigenvalue weighted by atomic mass is 32.2. The van der Waals surface area contributed by atoms with Crippen LogP contribution in [0.1, 0.15) is 16.8 Å². The zero-order valence-electron chi connectivity index (χ0n) is 12.6. The van der Waals surface area contributed by atoms with Crippen LogP contribution in [-0.4, -0.2) is 9.97 Å². The van der Waals surface area contributed by atoms with Crippen molar-refractivity contribution in [3.63, 3.8) is 0 Å². The maximum Gasteiger partial charge on any atom is 0.417 e. The van der Waals surface area contributed by atoms with Crippen molar-refractivity contribution in [2.75, 3.05) is 0 Å². The second-order valence-electron chi connectivity index (χ2n) is 4.93. The average molecular weight is 377 g/mol. The second-order valence-corrected chi connectivity index (χ2v) is 6.84. The molecule has 0 saturated carbocycles. The third-order valence-electron chi connectivity index (χ3n) is 3.26. The van der Waals surface area contributed by atoms with Gasteiger partial charge in [-0.15, -0.1) is 11.3 Å². The zero-order valence-corrected chi connectivity index (χ0v) is 14.3. The van der Waals surface area contributed by atoms with Gasteiger partial charge in [0, 0.05) is 11.9 Å². The lowest BCUT2D eigenvalue weighted by molar-refractivity contribution is -0.138. The van der Waals surface area contributed by atoms with Crippen molar-refractivity contribution < 1.29 is 13.2 Å². The summed E-state index contributed by atoms with van der Waals surface area (Å²) < 4.78 is 40.2. The third-order valence-corrected chi connectivity index (χ3v) is 5.16. The van der Waals surface area contributed by atoms with Gasteiger partial charge in [0.1, 0.15) is 11.1 Å². The van der Waals surface area contributed by atoms with Crippen molar-refractivity contribution >= 4 is 23.1 Å². The summed E-state index contributed by atoms with van der Waals surface area (Å²) in [5, 5.41) is 11.1. The standard InChI is InChI=1S/C17H10F3N3S2/c18-17(19,20)13-8-14(15-5-3-7-24-15)23-16(12(13)9-21)25-10-11-4-1-2-6-22-11/h1-8H,10H2. The molecule has 0 saturated heterocycles. The minimum Gasteiger partial charge on any atom is -0.260 e. The molecule has 0 unspecified atom stereocenters. The van der Waals surface area contributed by atoms with E-state index in [2.05, 4.69) is 9.97 Å². The van der Waals surface area contributed by atoms with Crippen LogP contribution in [0.2, 0.25) is 0 Å². The monoisotopic (exact) mass is 377 g/mol. The largest absolute Gasteiger partial charge is 0.417 e. The number of hydrogen-bond acceptors (Lipinski definition) is 5.